The number of hydrogen-bond donors (Lipinski definition) is 2. The molecule has 0 unspecified atom stereocenters. The zero-order chi connectivity index (χ0) is 6.91. The van der Waals surface area contributed by atoms with Gasteiger partial charge in [0.05, 0.1) is 12.7 Å². The first-order valence-corrected chi connectivity index (χ1v) is 3.23. The van der Waals surface area contributed by atoms with Gasteiger partial charge in [-0.25, -0.2) is 0 Å². The zero-order valence-electron chi connectivity index (χ0n) is 5.63. The molecule has 0 bridgehead atoms. The lowest BCUT2D eigenvalue weighted by Crippen LogP contribution is -2.48. The van der Waals surface area contributed by atoms with Crippen LogP contribution in [0, 0.1) is 0 Å². The van der Waals surface area contributed by atoms with Crippen molar-refractivity contribution in [2.45, 2.75) is 31.6 Å². The van der Waals surface area contributed by atoms with Crippen molar-refractivity contribution in [1.29, 1.82) is 0 Å². The van der Waals surface area contributed by atoms with Crippen molar-refractivity contribution >= 4 is 0 Å². The molecule has 0 radical (unpaired) electrons. The lowest BCUT2D eigenvalue weighted by molar-refractivity contribution is -0.110. The van der Waals surface area contributed by atoms with E-state index in [0.717, 1.165) is 6.42 Å². The number of rotatable bonds is 0. The SMILES string of the molecule is C[C@@H]1CC[C@@](N)(O)CO1. The highest BCUT2D eigenvalue weighted by atomic mass is 16.5. The third kappa shape index (κ3) is 1.93. The lowest BCUT2D eigenvalue weighted by Gasteiger charge is -2.31. The summed E-state index contributed by atoms with van der Waals surface area (Å²) in [5.41, 5.74) is 4.31. The number of hydrogen-bond acceptors (Lipinski definition) is 3. The summed E-state index contributed by atoms with van der Waals surface area (Å²) in [6.07, 6.45) is 1.76. The summed E-state index contributed by atoms with van der Waals surface area (Å²) in [6.45, 7) is 2.25. The Morgan fingerprint density at radius 1 is 1.78 bits per heavy atom. The fourth-order valence-corrected chi connectivity index (χ4v) is 0.895. The van der Waals surface area contributed by atoms with Gasteiger partial charge < -0.3 is 15.6 Å². The Balaban J connectivity index is 2.35. The largest absolute Gasteiger partial charge is 0.374 e. The van der Waals surface area contributed by atoms with Crippen LogP contribution in [0.15, 0.2) is 0 Å². The molecule has 2 atom stereocenters. The van der Waals surface area contributed by atoms with Gasteiger partial charge in [0.1, 0.15) is 5.72 Å². The molecule has 54 valence electrons. The second kappa shape index (κ2) is 2.25. The molecule has 3 nitrogen and oxygen atoms in total. The van der Waals surface area contributed by atoms with Crippen LogP contribution < -0.4 is 5.73 Å². The van der Waals surface area contributed by atoms with Crippen molar-refractivity contribution < 1.29 is 9.84 Å². The van der Waals surface area contributed by atoms with Crippen LogP contribution in [-0.2, 0) is 4.74 Å². The molecule has 1 heterocycles. The highest BCUT2D eigenvalue weighted by molar-refractivity contribution is 4.76. The van der Waals surface area contributed by atoms with Crippen LogP contribution in [0.2, 0.25) is 0 Å². The summed E-state index contributed by atoms with van der Waals surface area (Å²) in [4.78, 5) is 0. The van der Waals surface area contributed by atoms with Gasteiger partial charge in [0, 0.05) is 0 Å². The van der Waals surface area contributed by atoms with Gasteiger partial charge in [-0.2, -0.15) is 0 Å². The van der Waals surface area contributed by atoms with Crippen molar-refractivity contribution in [1.82, 2.24) is 0 Å². The Hall–Kier alpha value is -0.120. The Kier molecular flexibility index (Phi) is 1.75. The first kappa shape index (κ1) is 6.99. The quantitative estimate of drug-likeness (QED) is 0.449. The molecule has 1 rings (SSSR count). The Bertz CT molecular complexity index is 93.2. The van der Waals surface area contributed by atoms with E-state index < -0.39 is 5.72 Å². The van der Waals surface area contributed by atoms with E-state index in [2.05, 4.69) is 0 Å². The van der Waals surface area contributed by atoms with Crippen LogP contribution in [0.25, 0.3) is 0 Å². The predicted molar refractivity (Wildman–Crippen MR) is 33.8 cm³/mol. The van der Waals surface area contributed by atoms with Gasteiger partial charge in [0.15, 0.2) is 0 Å². The third-order valence-corrected chi connectivity index (χ3v) is 1.60. The molecule has 1 fully saturated rings. The molecule has 3 heteroatoms. The van der Waals surface area contributed by atoms with Gasteiger partial charge in [-0.3, -0.25) is 0 Å². The van der Waals surface area contributed by atoms with Gasteiger partial charge >= 0.3 is 0 Å². The van der Waals surface area contributed by atoms with E-state index in [1.807, 2.05) is 6.92 Å². The van der Waals surface area contributed by atoms with E-state index in [-0.39, 0.29) is 12.7 Å². The molecule has 0 saturated carbocycles. The fourth-order valence-electron chi connectivity index (χ4n) is 0.895. The van der Waals surface area contributed by atoms with Crippen molar-refractivity contribution in [3.8, 4) is 0 Å². The topological polar surface area (TPSA) is 55.5 Å². The average Bonchev–Trinajstić information content (AvgIpc) is 1.78. The summed E-state index contributed by atoms with van der Waals surface area (Å²) in [5, 5.41) is 9.14. The molecule has 3 N–H and O–H groups in total. The van der Waals surface area contributed by atoms with E-state index in [9.17, 15) is 0 Å². The zero-order valence-corrected chi connectivity index (χ0v) is 5.63. The van der Waals surface area contributed by atoms with E-state index >= 15 is 0 Å². The van der Waals surface area contributed by atoms with E-state index in [0.29, 0.717) is 6.42 Å². The lowest BCUT2D eigenvalue weighted by atomic mass is 10.0. The first-order valence-electron chi connectivity index (χ1n) is 3.23. The molecule has 1 aliphatic heterocycles. The second-order valence-corrected chi connectivity index (χ2v) is 2.76. The maximum atomic E-state index is 9.14. The normalized spacial score (nSPS) is 45.0. The van der Waals surface area contributed by atoms with Crippen molar-refractivity contribution in [3.05, 3.63) is 0 Å². The second-order valence-electron chi connectivity index (χ2n) is 2.76. The molecular formula is C6H13NO2. The third-order valence-electron chi connectivity index (χ3n) is 1.60. The number of aliphatic hydroxyl groups is 1. The van der Waals surface area contributed by atoms with Gasteiger partial charge in [0.25, 0.3) is 0 Å². The fraction of sp³-hybridized carbons (Fsp3) is 1.00. The van der Waals surface area contributed by atoms with E-state index in [4.69, 9.17) is 15.6 Å². The average molecular weight is 131 g/mol. The summed E-state index contributed by atoms with van der Waals surface area (Å²) < 4.78 is 5.12. The molecule has 0 aliphatic carbocycles. The Morgan fingerprint density at radius 3 is 2.78 bits per heavy atom. The standard InChI is InChI=1S/C6H13NO2/c1-5-2-3-6(7,8)4-9-5/h5,8H,2-4,7H2,1H3/t5-,6-/m1/s1. The molecule has 9 heavy (non-hydrogen) atoms. The Morgan fingerprint density at radius 2 is 2.44 bits per heavy atom. The molecule has 0 spiro atoms. The van der Waals surface area contributed by atoms with Crippen LogP contribution in [0.4, 0.5) is 0 Å². The summed E-state index contributed by atoms with van der Waals surface area (Å²) in [5.74, 6) is 0. The summed E-state index contributed by atoms with van der Waals surface area (Å²) >= 11 is 0. The highest BCUT2D eigenvalue weighted by Gasteiger charge is 2.27. The van der Waals surface area contributed by atoms with Crippen molar-refractivity contribution in [2.24, 2.45) is 5.73 Å². The van der Waals surface area contributed by atoms with E-state index in [1.54, 1.807) is 0 Å². The van der Waals surface area contributed by atoms with Gasteiger partial charge in [-0.15, -0.1) is 0 Å². The maximum absolute atomic E-state index is 9.14. The minimum absolute atomic E-state index is 0.258. The minimum atomic E-state index is -1.06. The molecule has 0 aromatic heterocycles. The van der Waals surface area contributed by atoms with Crippen LogP contribution in [-0.4, -0.2) is 23.5 Å². The van der Waals surface area contributed by atoms with Crippen LogP contribution >= 0.6 is 0 Å². The van der Waals surface area contributed by atoms with Crippen molar-refractivity contribution in [3.63, 3.8) is 0 Å². The van der Waals surface area contributed by atoms with Crippen LogP contribution in [0.1, 0.15) is 19.8 Å². The summed E-state index contributed by atoms with van der Waals surface area (Å²) in [6, 6.07) is 0. The smallest absolute Gasteiger partial charge is 0.137 e. The molecule has 0 aromatic carbocycles. The van der Waals surface area contributed by atoms with Gasteiger partial charge in [-0.1, -0.05) is 0 Å². The van der Waals surface area contributed by atoms with Gasteiger partial charge in [-0.05, 0) is 19.8 Å². The molecule has 1 aliphatic rings. The molecular weight excluding hydrogens is 118 g/mol. The molecule has 1 saturated heterocycles. The van der Waals surface area contributed by atoms with Crippen LogP contribution in [0.5, 0.6) is 0 Å². The van der Waals surface area contributed by atoms with Crippen LogP contribution in [0.3, 0.4) is 0 Å². The number of ether oxygens (including phenoxy) is 1. The van der Waals surface area contributed by atoms with Crippen molar-refractivity contribution in [2.75, 3.05) is 6.61 Å². The Labute approximate surface area is 54.8 Å². The minimum Gasteiger partial charge on any atom is -0.374 e. The number of nitrogens with two attached hydrogens (primary N) is 1. The molecule has 0 amide bonds. The maximum Gasteiger partial charge on any atom is 0.137 e. The summed E-state index contributed by atoms with van der Waals surface area (Å²) in [7, 11) is 0. The van der Waals surface area contributed by atoms with E-state index in [1.165, 1.54) is 0 Å². The molecule has 0 aromatic rings. The first-order chi connectivity index (χ1) is 4.10. The van der Waals surface area contributed by atoms with Gasteiger partial charge in [0.2, 0.25) is 0 Å². The highest BCUT2D eigenvalue weighted by Crippen LogP contribution is 2.17. The monoisotopic (exact) mass is 131 g/mol. The predicted octanol–water partition coefficient (Wildman–Crippen LogP) is -0.167.